The number of alkyl halides is 6. The Morgan fingerprint density at radius 3 is 2.09 bits per heavy atom. The zero-order valence-corrected chi connectivity index (χ0v) is 29.0. The number of ether oxygens (including phenoxy) is 1. The molecular formula is C36H30F8N8O4. The number of carbonyl (C=O) groups is 3. The molecule has 3 aliphatic rings. The van der Waals surface area contributed by atoms with Crippen LogP contribution in [-0.2, 0) is 30.0 Å². The van der Waals surface area contributed by atoms with Gasteiger partial charge in [0.05, 0.1) is 23.0 Å². The maximum absolute atomic E-state index is 14.7. The van der Waals surface area contributed by atoms with Crippen molar-refractivity contribution in [1.29, 1.82) is 0 Å². The third kappa shape index (κ3) is 6.76. The van der Waals surface area contributed by atoms with Crippen LogP contribution in [0.2, 0.25) is 0 Å². The van der Waals surface area contributed by atoms with E-state index < -0.39 is 82.0 Å². The summed E-state index contributed by atoms with van der Waals surface area (Å²) in [5.74, 6) is -8.18. The normalized spacial score (nSPS) is 17.2. The van der Waals surface area contributed by atoms with E-state index in [1.165, 1.54) is 14.5 Å². The monoisotopic (exact) mass is 790 g/mol. The second-order valence-corrected chi connectivity index (χ2v) is 13.5. The van der Waals surface area contributed by atoms with Gasteiger partial charge in [-0.3, -0.25) is 9.59 Å². The number of benzene rings is 1. The highest BCUT2D eigenvalue weighted by Gasteiger charge is 2.43. The van der Waals surface area contributed by atoms with Crippen molar-refractivity contribution in [3.05, 3.63) is 99.7 Å². The first-order chi connectivity index (χ1) is 26.4. The van der Waals surface area contributed by atoms with Crippen molar-refractivity contribution in [2.24, 2.45) is 0 Å². The summed E-state index contributed by atoms with van der Waals surface area (Å²) in [4.78, 5) is 49.1. The van der Waals surface area contributed by atoms with Crippen molar-refractivity contribution < 1.29 is 54.2 Å². The molecule has 20 heteroatoms. The molecule has 1 aromatic carbocycles. The van der Waals surface area contributed by atoms with E-state index in [0.717, 1.165) is 30.9 Å². The summed E-state index contributed by atoms with van der Waals surface area (Å²) in [5.41, 5.74) is 8.55. The van der Waals surface area contributed by atoms with Gasteiger partial charge >= 0.3 is 18.3 Å². The van der Waals surface area contributed by atoms with Crippen LogP contribution >= 0.6 is 0 Å². The lowest BCUT2D eigenvalue weighted by Crippen LogP contribution is -2.46. The van der Waals surface area contributed by atoms with Crippen molar-refractivity contribution in [3.8, 4) is 11.4 Å². The van der Waals surface area contributed by atoms with E-state index in [1.807, 2.05) is 0 Å². The number of amides is 2. The van der Waals surface area contributed by atoms with Gasteiger partial charge in [-0.15, -0.1) is 0 Å². The van der Waals surface area contributed by atoms with Crippen LogP contribution in [0, 0.1) is 11.6 Å². The fourth-order valence-corrected chi connectivity index (χ4v) is 7.20. The predicted octanol–water partition coefficient (Wildman–Crippen LogP) is 5.94. The lowest BCUT2D eigenvalue weighted by molar-refractivity contribution is -0.144. The number of nitrogen functional groups attached to an aromatic ring is 2. The Kier molecular flexibility index (Phi) is 9.48. The number of hydrogen-bond acceptors (Lipinski definition) is 9. The maximum atomic E-state index is 14.7. The van der Waals surface area contributed by atoms with Gasteiger partial charge in [-0.1, -0.05) is 19.1 Å². The smallest absolute Gasteiger partial charge is 0.421 e. The van der Waals surface area contributed by atoms with E-state index >= 15 is 0 Å². The molecule has 5 heterocycles. The molecule has 2 amide bonds. The van der Waals surface area contributed by atoms with Crippen molar-refractivity contribution in [2.75, 3.05) is 31.1 Å². The lowest BCUT2D eigenvalue weighted by Gasteiger charge is -2.38. The average Bonchev–Trinajstić information content (AvgIpc) is 3.36. The number of esters is 1. The molecule has 1 fully saturated rings. The predicted molar refractivity (Wildman–Crippen MR) is 180 cm³/mol. The van der Waals surface area contributed by atoms with Crippen molar-refractivity contribution in [3.63, 3.8) is 0 Å². The van der Waals surface area contributed by atoms with Crippen LogP contribution in [0.4, 0.5) is 46.8 Å². The summed E-state index contributed by atoms with van der Waals surface area (Å²) in [7, 11) is 0. The van der Waals surface area contributed by atoms with Crippen LogP contribution in [0.5, 0.6) is 5.75 Å². The van der Waals surface area contributed by atoms with Crippen molar-refractivity contribution in [1.82, 2.24) is 29.5 Å². The molecule has 0 saturated heterocycles. The second kappa shape index (κ2) is 13.9. The Bertz CT molecular complexity index is 2300. The fraction of sp³-hybridized carbons (Fsp3) is 0.333. The number of pyridine rings is 2. The summed E-state index contributed by atoms with van der Waals surface area (Å²) in [6, 6.07) is 4.64. The van der Waals surface area contributed by atoms with Crippen LogP contribution in [-0.4, -0.2) is 67.0 Å². The lowest BCUT2D eigenvalue weighted by atomic mass is 9.80. The number of nitrogens with two attached hydrogens (primary N) is 2. The average molecular weight is 791 g/mol. The second-order valence-electron chi connectivity index (χ2n) is 13.5. The Morgan fingerprint density at radius 2 is 1.50 bits per heavy atom. The highest BCUT2D eigenvalue weighted by Crippen LogP contribution is 2.43. The van der Waals surface area contributed by atoms with Gasteiger partial charge in [0.1, 0.15) is 22.9 Å². The highest BCUT2D eigenvalue weighted by atomic mass is 19.4. The van der Waals surface area contributed by atoms with Gasteiger partial charge in [0.2, 0.25) is 5.91 Å². The van der Waals surface area contributed by atoms with Crippen molar-refractivity contribution >= 4 is 29.4 Å². The number of carbonyl (C=O) groups excluding carboxylic acids is 3. The van der Waals surface area contributed by atoms with Gasteiger partial charge in [0, 0.05) is 38.0 Å². The molecule has 56 heavy (non-hydrogen) atoms. The number of aromatic nitrogens is 4. The molecule has 4 N–H and O–H groups in total. The molecule has 1 aliphatic carbocycles. The zero-order valence-electron chi connectivity index (χ0n) is 29.0. The first-order valence-electron chi connectivity index (χ1n) is 17.1. The molecule has 0 spiro atoms. The van der Waals surface area contributed by atoms with E-state index in [1.54, 1.807) is 18.2 Å². The molecule has 4 aromatic rings. The Hall–Kier alpha value is -6.08. The minimum absolute atomic E-state index is 0.0369. The van der Waals surface area contributed by atoms with E-state index in [0.29, 0.717) is 29.1 Å². The summed E-state index contributed by atoms with van der Waals surface area (Å²) in [6.45, 7) is 3.35. The fourth-order valence-electron chi connectivity index (χ4n) is 7.20. The molecule has 0 bridgehead atoms. The van der Waals surface area contributed by atoms with Crippen LogP contribution in [0.25, 0.3) is 5.69 Å². The van der Waals surface area contributed by atoms with Crippen LogP contribution in [0.15, 0.2) is 43.0 Å². The minimum Gasteiger partial charge on any atom is -0.421 e. The topological polar surface area (TPSA) is 163 Å². The molecular weight excluding hydrogens is 760 g/mol. The summed E-state index contributed by atoms with van der Waals surface area (Å²) < 4.78 is 116. The zero-order chi connectivity index (χ0) is 40.4. The quantitative estimate of drug-likeness (QED) is 0.104. The third-order valence-electron chi connectivity index (χ3n) is 10.1. The van der Waals surface area contributed by atoms with Crippen LogP contribution < -0.4 is 16.2 Å². The Balaban J connectivity index is 1.31. The number of nitrogens with zero attached hydrogens (tertiary/aromatic N) is 6. The van der Waals surface area contributed by atoms with Gasteiger partial charge in [-0.2, -0.15) is 31.4 Å². The molecule has 294 valence electrons. The van der Waals surface area contributed by atoms with E-state index in [9.17, 15) is 49.5 Å². The summed E-state index contributed by atoms with van der Waals surface area (Å²) in [5, 5.41) is 4.80. The maximum Gasteiger partial charge on any atom is 0.436 e. The molecule has 7 rings (SSSR count). The molecule has 3 aromatic heterocycles. The number of rotatable bonds is 6. The van der Waals surface area contributed by atoms with Gasteiger partial charge in [0.15, 0.2) is 28.8 Å². The van der Waals surface area contributed by atoms with E-state index in [4.69, 9.17) is 21.3 Å². The van der Waals surface area contributed by atoms with Crippen molar-refractivity contribution in [2.45, 2.75) is 56.4 Å². The van der Waals surface area contributed by atoms with Gasteiger partial charge < -0.3 is 26.0 Å². The van der Waals surface area contributed by atoms with Gasteiger partial charge in [0.25, 0.3) is 5.91 Å². The van der Waals surface area contributed by atoms with Crippen LogP contribution in [0.3, 0.4) is 0 Å². The number of halogens is 8. The molecule has 0 unspecified atom stereocenters. The SMILES string of the molecule is C=CC(=O)N1CCc2nn(-c3ccc(C4CCC4)cc3OC(=O)c3cc(F)c(C(F)(F)F)nc3N)c3c2[C@H](C1)N(C(=O)c1cc(F)c(C(F)(F)F)nc1N)CC3. The number of anilines is 2. The van der Waals surface area contributed by atoms with Gasteiger partial charge in [-0.05, 0) is 54.7 Å². The first-order valence-corrected chi connectivity index (χ1v) is 17.1. The molecule has 1 saturated carbocycles. The van der Waals surface area contributed by atoms with E-state index in [2.05, 4.69) is 16.5 Å². The Labute approximate surface area is 311 Å². The third-order valence-corrected chi connectivity index (χ3v) is 10.1. The summed E-state index contributed by atoms with van der Waals surface area (Å²) >= 11 is 0. The largest absolute Gasteiger partial charge is 0.436 e. The summed E-state index contributed by atoms with van der Waals surface area (Å²) in [6.07, 6.45) is -6.49. The van der Waals surface area contributed by atoms with Crippen LogP contribution in [0.1, 0.15) is 85.8 Å². The van der Waals surface area contributed by atoms with Gasteiger partial charge in [-0.25, -0.2) is 28.2 Å². The molecule has 2 aliphatic heterocycles. The molecule has 12 nitrogen and oxygen atoms in total. The first kappa shape index (κ1) is 38.2. The highest BCUT2D eigenvalue weighted by molar-refractivity contribution is 5.99. The molecule has 0 radical (unpaired) electrons. The Morgan fingerprint density at radius 1 is 0.875 bits per heavy atom. The standard InChI is InChI=1S/C36H30F8N8O4/c1-2-27(53)50-10-8-22-28-24(9-11-51(25(28)15-50)33(54)18-13-20(37)29(35(39,40)41)47-31(18)45)52(49-22)23-7-6-17(16-4-3-5-16)12-26(23)56-34(55)19-14-21(38)30(36(42,43)44)48-32(19)46/h2,6-7,12-14,16,25H,1,3-5,8-11,15H2,(H2,45,47)(H2,46,48)/t25-/m0/s1. The number of hydrogen-bond donors (Lipinski definition) is 2. The molecule has 1 atom stereocenters. The van der Waals surface area contributed by atoms with E-state index in [-0.39, 0.29) is 49.8 Å². The minimum atomic E-state index is -5.18.